The van der Waals surface area contributed by atoms with Gasteiger partial charge in [0.15, 0.2) is 6.61 Å². The van der Waals surface area contributed by atoms with Gasteiger partial charge >= 0.3 is 12.0 Å². The Balaban J connectivity index is 1.52. The maximum atomic E-state index is 12.8. The second-order valence-electron chi connectivity index (χ2n) is 7.95. The van der Waals surface area contributed by atoms with Crippen molar-refractivity contribution >= 4 is 29.5 Å². The van der Waals surface area contributed by atoms with Gasteiger partial charge in [-0.25, -0.2) is 4.79 Å². The molecule has 0 unspecified atom stereocenters. The maximum absolute atomic E-state index is 12.8. The first-order chi connectivity index (χ1) is 13.7. The first-order valence-corrected chi connectivity index (χ1v) is 9.90. The highest BCUT2D eigenvalue weighted by molar-refractivity contribution is 6.09. The quantitative estimate of drug-likeness (QED) is 0.582. The van der Waals surface area contributed by atoms with Crippen molar-refractivity contribution in [2.24, 2.45) is 5.92 Å². The Kier molecular flexibility index (Phi) is 5.91. The molecule has 1 heterocycles. The molecule has 2 N–H and O–H groups in total. The van der Waals surface area contributed by atoms with Crippen molar-refractivity contribution in [1.29, 1.82) is 0 Å². The van der Waals surface area contributed by atoms with Crippen LogP contribution < -0.4 is 10.6 Å². The minimum Gasteiger partial charge on any atom is -0.454 e. The predicted molar refractivity (Wildman–Crippen MR) is 106 cm³/mol. The number of amides is 4. The topological polar surface area (TPSA) is 105 Å². The van der Waals surface area contributed by atoms with Crippen molar-refractivity contribution < 1.29 is 23.9 Å². The number of carbonyl (C=O) groups is 4. The summed E-state index contributed by atoms with van der Waals surface area (Å²) in [7, 11) is 0. The lowest BCUT2D eigenvalue weighted by Gasteiger charge is -2.36. The van der Waals surface area contributed by atoms with Gasteiger partial charge in [0.25, 0.3) is 11.8 Å². The molecule has 1 saturated heterocycles. The molecule has 2 atom stereocenters. The third-order valence-electron chi connectivity index (χ3n) is 5.94. The second-order valence-corrected chi connectivity index (χ2v) is 7.95. The zero-order valence-electron chi connectivity index (χ0n) is 17.0. The van der Waals surface area contributed by atoms with Crippen LogP contribution in [0.3, 0.4) is 0 Å². The van der Waals surface area contributed by atoms with E-state index >= 15 is 0 Å². The van der Waals surface area contributed by atoms with E-state index in [-0.39, 0.29) is 11.8 Å². The number of esters is 1. The normalized spacial score (nSPS) is 23.8. The summed E-state index contributed by atoms with van der Waals surface area (Å²) in [5.41, 5.74) is 1.82. The summed E-state index contributed by atoms with van der Waals surface area (Å²) in [6, 6.07) is 4.89. The highest BCUT2D eigenvalue weighted by Gasteiger charge is 2.55. The highest BCUT2D eigenvalue weighted by Crippen LogP contribution is 2.38. The van der Waals surface area contributed by atoms with Crippen molar-refractivity contribution in [3.8, 4) is 0 Å². The Hall–Kier alpha value is -2.90. The van der Waals surface area contributed by atoms with Crippen LogP contribution in [0.5, 0.6) is 0 Å². The Morgan fingerprint density at radius 3 is 2.69 bits per heavy atom. The molecule has 1 saturated carbocycles. The zero-order chi connectivity index (χ0) is 21.2. The van der Waals surface area contributed by atoms with Crippen LogP contribution in [0.15, 0.2) is 18.2 Å². The summed E-state index contributed by atoms with van der Waals surface area (Å²) < 4.78 is 4.97. The first-order valence-electron chi connectivity index (χ1n) is 9.90. The molecule has 4 amide bonds. The minimum atomic E-state index is -0.920. The molecule has 1 aromatic rings. The monoisotopic (exact) mass is 401 g/mol. The van der Waals surface area contributed by atoms with Gasteiger partial charge < -0.3 is 15.4 Å². The van der Waals surface area contributed by atoms with Crippen LogP contribution >= 0.6 is 0 Å². The van der Waals surface area contributed by atoms with Crippen molar-refractivity contribution in [1.82, 2.24) is 10.2 Å². The van der Waals surface area contributed by atoms with Crippen molar-refractivity contribution in [2.45, 2.75) is 52.0 Å². The number of hydrogen-bond donors (Lipinski definition) is 2. The number of hydrogen-bond acceptors (Lipinski definition) is 5. The highest BCUT2D eigenvalue weighted by atomic mass is 16.5. The van der Waals surface area contributed by atoms with E-state index in [0.29, 0.717) is 12.1 Å². The van der Waals surface area contributed by atoms with E-state index in [1.165, 1.54) is 0 Å². The molecule has 0 bridgehead atoms. The molecule has 8 heteroatoms. The molecule has 1 aliphatic carbocycles. The average molecular weight is 401 g/mol. The van der Waals surface area contributed by atoms with Gasteiger partial charge in [0.2, 0.25) is 0 Å². The number of urea groups is 1. The summed E-state index contributed by atoms with van der Waals surface area (Å²) in [6.07, 6.45) is 3.29. The van der Waals surface area contributed by atoms with Gasteiger partial charge in [-0.1, -0.05) is 25.8 Å². The fourth-order valence-corrected chi connectivity index (χ4v) is 3.98. The number of nitrogens with zero attached hydrogens (tertiary/aromatic N) is 1. The molecule has 29 heavy (non-hydrogen) atoms. The molecule has 156 valence electrons. The van der Waals surface area contributed by atoms with Gasteiger partial charge in [-0.2, -0.15) is 0 Å². The maximum Gasteiger partial charge on any atom is 0.326 e. The number of rotatable bonds is 5. The Morgan fingerprint density at radius 1 is 1.24 bits per heavy atom. The molecule has 1 aliphatic heterocycles. The number of nitrogens with one attached hydrogen (secondary N) is 2. The molecule has 0 aromatic heterocycles. The first kappa shape index (κ1) is 20.8. The van der Waals surface area contributed by atoms with E-state index in [2.05, 4.69) is 10.6 Å². The largest absolute Gasteiger partial charge is 0.454 e. The fourth-order valence-electron chi connectivity index (χ4n) is 3.98. The lowest BCUT2D eigenvalue weighted by Crippen LogP contribution is -2.54. The minimum absolute atomic E-state index is 0.0115. The number of ether oxygens (including phenoxy) is 1. The molecular formula is C21H27N3O5. The van der Waals surface area contributed by atoms with Crippen molar-refractivity contribution in [3.63, 3.8) is 0 Å². The smallest absolute Gasteiger partial charge is 0.326 e. The van der Waals surface area contributed by atoms with Crippen LogP contribution in [-0.4, -0.2) is 47.4 Å². The van der Waals surface area contributed by atoms with Crippen LogP contribution in [0.1, 0.15) is 43.7 Å². The van der Waals surface area contributed by atoms with Crippen LogP contribution in [-0.2, 0) is 19.1 Å². The third-order valence-corrected chi connectivity index (χ3v) is 5.94. The van der Waals surface area contributed by atoms with Gasteiger partial charge in [0.1, 0.15) is 12.1 Å². The molecule has 1 aromatic carbocycles. The Morgan fingerprint density at radius 2 is 2.00 bits per heavy atom. The van der Waals surface area contributed by atoms with Crippen molar-refractivity contribution in [2.75, 3.05) is 18.5 Å². The molecular weight excluding hydrogens is 374 g/mol. The van der Waals surface area contributed by atoms with Crippen LogP contribution in [0.4, 0.5) is 10.5 Å². The molecule has 3 rings (SSSR count). The van der Waals surface area contributed by atoms with Crippen molar-refractivity contribution in [3.05, 3.63) is 29.3 Å². The molecule has 0 radical (unpaired) electrons. The van der Waals surface area contributed by atoms with E-state index in [1.807, 2.05) is 32.9 Å². The average Bonchev–Trinajstić information content (AvgIpc) is 2.90. The predicted octanol–water partition coefficient (Wildman–Crippen LogP) is 2.29. The van der Waals surface area contributed by atoms with E-state index in [9.17, 15) is 19.2 Å². The van der Waals surface area contributed by atoms with Crippen LogP contribution in [0, 0.1) is 19.8 Å². The number of benzene rings is 1. The standard InChI is InChI=1S/C21H27N3O5/c1-13-7-8-16(10-14(13)2)22-17(25)12-29-18(26)11-24-19(27)21(23-20(24)28)9-5-4-6-15(21)3/h7-8,10,15H,4-6,9,11-12H2,1-3H3,(H,22,25)(H,23,28)/t15-,21-/m1/s1. The third kappa shape index (κ3) is 4.26. The molecule has 8 nitrogen and oxygen atoms in total. The van der Waals surface area contributed by atoms with Gasteiger partial charge in [-0.15, -0.1) is 0 Å². The van der Waals surface area contributed by atoms with E-state index in [1.54, 1.807) is 6.07 Å². The van der Waals surface area contributed by atoms with E-state index in [4.69, 9.17) is 4.74 Å². The summed E-state index contributed by atoms with van der Waals surface area (Å²) >= 11 is 0. The van der Waals surface area contributed by atoms with Gasteiger partial charge in [0.05, 0.1) is 0 Å². The van der Waals surface area contributed by atoms with Crippen LogP contribution in [0.2, 0.25) is 0 Å². The van der Waals surface area contributed by atoms with Crippen LogP contribution in [0.25, 0.3) is 0 Å². The van der Waals surface area contributed by atoms with E-state index in [0.717, 1.165) is 35.3 Å². The Labute approximate surface area is 170 Å². The number of imide groups is 1. The lowest BCUT2D eigenvalue weighted by molar-refractivity contribution is -0.150. The number of anilines is 1. The van der Waals surface area contributed by atoms with Gasteiger partial charge in [-0.05, 0) is 55.9 Å². The van der Waals surface area contributed by atoms with E-state index < -0.39 is 36.6 Å². The van der Waals surface area contributed by atoms with Gasteiger partial charge in [0, 0.05) is 5.69 Å². The molecule has 2 fully saturated rings. The SMILES string of the molecule is Cc1ccc(NC(=O)COC(=O)CN2C(=O)N[C@@]3(CCCC[C@H]3C)C2=O)cc1C. The van der Waals surface area contributed by atoms with Gasteiger partial charge in [-0.3, -0.25) is 19.3 Å². The zero-order valence-corrected chi connectivity index (χ0v) is 17.0. The number of carbonyl (C=O) groups excluding carboxylic acids is 4. The number of aryl methyl sites for hydroxylation is 2. The summed E-state index contributed by atoms with van der Waals surface area (Å²) in [4.78, 5) is 50.2. The summed E-state index contributed by atoms with van der Waals surface area (Å²) in [6.45, 7) is 4.85. The lowest BCUT2D eigenvalue weighted by atomic mass is 9.73. The second kappa shape index (κ2) is 8.23. The molecule has 2 aliphatic rings. The summed E-state index contributed by atoms with van der Waals surface area (Å²) in [5.74, 6) is -1.66. The fraction of sp³-hybridized carbons (Fsp3) is 0.524. The summed E-state index contributed by atoms with van der Waals surface area (Å²) in [5, 5.41) is 5.43. The Bertz CT molecular complexity index is 853. The molecule has 1 spiro atoms.